The summed E-state index contributed by atoms with van der Waals surface area (Å²) in [5.74, 6) is 0.345. The number of ether oxygens (including phenoxy) is 1. The number of epoxide rings is 1. The molecule has 0 aromatic carbocycles. The van der Waals surface area contributed by atoms with E-state index in [-0.39, 0.29) is 34.2 Å². The minimum absolute atomic E-state index is 0.0547. The molecule has 234 valence electrons. The van der Waals surface area contributed by atoms with E-state index in [1.165, 1.54) is 27.9 Å². The first kappa shape index (κ1) is 34.8. The van der Waals surface area contributed by atoms with Crippen LogP contribution in [0.2, 0.25) is 0 Å². The Morgan fingerprint density at radius 2 is 1.23 bits per heavy atom. The summed E-state index contributed by atoms with van der Waals surface area (Å²) in [6.07, 6.45) is 33.5. The van der Waals surface area contributed by atoms with Crippen LogP contribution in [0, 0.1) is 16.7 Å². The van der Waals surface area contributed by atoms with Crippen LogP contribution in [0.3, 0.4) is 0 Å². The topological polar surface area (TPSA) is 53.0 Å². The molecule has 1 saturated heterocycles. The summed E-state index contributed by atoms with van der Waals surface area (Å²) >= 11 is 0. The maximum atomic E-state index is 10.2. The Morgan fingerprint density at radius 3 is 1.77 bits per heavy atom. The molecule has 1 heterocycles. The van der Waals surface area contributed by atoms with Gasteiger partial charge in [-0.3, -0.25) is 0 Å². The van der Waals surface area contributed by atoms with Crippen LogP contribution in [0.1, 0.15) is 88.5 Å². The molecule has 3 rings (SSSR count). The van der Waals surface area contributed by atoms with Gasteiger partial charge in [-0.25, -0.2) is 0 Å². The van der Waals surface area contributed by atoms with E-state index in [1.807, 2.05) is 6.08 Å². The van der Waals surface area contributed by atoms with Crippen molar-refractivity contribution in [3.05, 3.63) is 119 Å². The molecular weight excluding hydrogens is 528 g/mol. The van der Waals surface area contributed by atoms with Crippen molar-refractivity contribution >= 4 is 0 Å². The maximum Gasteiger partial charge on any atom is 0.121 e. The molecule has 0 radical (unpaired) electrons. The number of allylic oxidation sites excluding steroid dienone is 18. The van der Waals surface area contributed by atoms with Gasteiger partial charge in [0.2, 0.25) is 0 Å². The lowest BCUT2D eigenvalue weighted by Crippen LogP contribution is -2.46. The quantitative estimate of drug-likeness (QED) is 0.153. The minimum Gasteiger partial charge on any atom is -0.393 e. The van der Waals surface area contributed by atoms with Crippen LogP contribution in [-0.2, 0) is 4.74 Å². The fraction of sp³-hybridized carbons (Fsp3) is 0.500. The highest BCUT2D eigenvalue weighted by Crippen LogP contribution is 2.66. The Kier molecular flexibility index (Phi) is 11.3. The lowest BCUT2D eigenvalue weighted by Gasteiger charge is -2.39. The zero-order valence-electron chi connectivity index (χ0n) is 28.3. The molecule has 0 unspecified atom stereocenters. The van der Waals surface area contributed by atoms with Crippen molar-refractivity contribution in [2.24, 2.45) is 16.7 Å². The molecule has 0 amide bonds. The molecule has 1 saturated carbocycles. The summed E-state index contributed by atoms with van der Waals surface area (Å²) in [4.78, 5) is 0. The van der Waals surface area contributed by atoms with E-state index in [2.05, 4.69) is 154 Å². The van der Waals surface area contributed by atoms with Crippen molar-refractivity contribution in [3.63, 3.8) is 0 Å². The van der Waals surface area contributed by atoms with E-state index in [9.17, 15) is 10.2 Å². The van der Waals surface area contributed by atoms with E-state index in [0.717, 1.165) is 12.8 Å². The Morgan fingerprint density at radius 1 is 0.721 bits per heavy atom. The van der Waals surface area contributed by atoms with Crippen LogP contribution in [0.15, 0.2) is 119 Å². The molecule has 1 aliphatic heterocycles. The van der Waals surface area contributed by atoms with Gasteiger partial charge in [-0.05, 0) is 65.9 Å². The fourth-order valence-electron chi connectivity index (χ4n) is 7.07. The molecule has 0 spiro atoms. The second kappa shape index (κ2) is 13.9. The van der Waals surface area contributed by atoms with Gasteiger partial charge >= 0.3 is 0 Å². The fourth-order valence-corrected chi connectivity index (χ4v) is 7.07. The van der Waals surface area contributed by atoms with Gasteiger partial charge in [0.15, 0.2) is 0 Å². The van der Waals surface area contributed by atoms with E-state index in [1.54, 1.807) is 0 Å². The van der Waals surface area contributed by atoms with Gasteiger partial charge in [-0.1, -0.05) is 141 Å². The highest BCUT2D eigenvalue weighted by Gasteiger charge is 2.74. The van der Waals surface area contributed by atoms with Crippen molar-refractivity contribution in [1.29, 1.82) is 0 Å². The summed E-state index contributed by atoms with van der Waals surface area (Å²) in [6, 6.07) is 0. The van der Waals surface area contributed by atoms with Crippen LogP contribution in [-0.4, -0.2) is 33.6 Å². The molecule has 0 aromatic heterocycles. The van der Waals surface area contributed by atoms with Gasteiger partial charge in [0, 0.05) is 17.8 Å². The standard InChI is InChI=1S/C40H56O3/c1-29(17-13-19-31(3)21-22-36-33(5)25-34(41)26-37(36,6)7)15-11-12-16-30(2)18-14-20-32(4)23-24-40-38(8,9)27-35(42)28-39(40,10)43-40/h11-25,34-36,41-42H,26-28H2,1-10H3/b12-11+,17-13+,18-14+,22-21+,24-23+,29-15-,30-16+,31-19+,32-20+/t34-,35-,36-,39+,40-/m0/s1. The molecule has 43 heavy (non-hydrogen) atoms. The summed E-state index contributed by atoms with van der Waals surface area (Å²) in [5.41, 5.74) is 5.38. The molecule has 2 fully saturated rings. The van der Waals surface area contributed by atoms with E-state index in [4.69, 9.17) is 4.74 Å². The number of hydrogen-bond acceptors (Lipinski definition) is 3. The average Bonchev–Trinajstić information content (AvgIpc) is 3.49. The van der Waals surface area contributed by atoms with Crippen molar-refractivity contribution < 1.29 is 14.9 Å². The minimum atomic E-state index is -0.333. The largest absolute Gasteiger partial charge is 0.393 e. The summed E-state index contributed by atoms with van der Waals surface area (Å²) < 4.78 is 6.25. The third-order valence-corrected chi connectivity index (χ3v) is 9.43. The van der Waals surface area contributed by atoms with Crippen molar-refractivity contribution in [2.75, 3.05) is 0 Å². The van der Waals surface area contributed by atoms with Gasteiger partial charge < -0.3 is 14.9 Å². The lowest BCUT2D eigenvalue weighted by molar-refractivity contribution is 0.0515. The third-order valence-electron chi connectivity index (χ3n) is 9.43. The van der Waals surface area contributed by atoms with Gasteiger partial charge in [-0.15, -0.1) is 0 Å². The zero-order valence-corrected chi connectivity index (χ0v) is 28.3. The molecule has 0 aromatic rings. The lowest BCUT2D eigenvalue weighted by atomic mass is 9.63. The van der Waals surface area contributed by atoms with Gasteiger partial charge in [-0.2, -0.15) is 0 Å². The molecule has 2 N–H and O–H groups in total. The van der Waals surface area contributed by atoms with Gasteiger partial charge in [0.25, 0.3) is 0 Å². The predicted octanol–water partition coefficient (Wildman–Crippen LogP) is 9.61. The van der Waals surface area contributed by atoms with E-state index < -0.39 is 0 Å². The smallest absolute Gasteiger partial charge is 0.121 e. The predicted molar refractivity (Wildman–Crippen MR) is 184 cm³/mol. The van der Waals surface area contributed by atoms with Crippen molar-refractivity contribution in [3.8, 4) is 0 Å². The number of rotatable bonds is 10. The van der Waals surface area contributed by atoms with E-state index >= 15 is 0 Å². The average molecular weight is 585 g/mol. The molecule has 3 nitrogen and oxygen atoms in total. The number of hydrogen-bond donors (Lipinski definition) is 2. The molecular formula is C40H56O3. The zero-order chi connectivity index (χ0) is 32.1. The monoisotopic (exact) mass is 584 g/mol. The van der Waals surface area contributed by atoms with Crippen molar-refractivity contribution in [2.45, 2.75) is 112 Å². The Hall–Kier alpha value is -2.72. The van der Waals surface area contributed by atoms with Crippen LogP contribution in [0.4, 0.5) is 0 Å². The first-order valence-corrected chi connectivity index (χ1v) is 15.8. The number of aliphatic hydroxyl groups is 2. The van der Waals surface area contributed by atoms with Crippen molar-refractivity contribution in [1.82, 2.24) is 0 Å². The number of aliphatic hydroxyl groups excluding tert-OH is 2. The SMILES string of the molecule is CC1=C[C@H](O)CC(C)(C)[C@H]1/C=C/C(C)=C/C=C/C(C)=C\C=C\C=C(C)\C=C\C=C(C)\C=C\[C@@]12O[C@]1(C)C[C@@H](O)CC2(C)C. The van der Waals surface area contributed by atoms with Gasteiger partial charge in [0.05, 0.1) is 12.2 Å². The summed E-state index contributed by atoms with van der Waals surface area (Å²) in [6.45, 7) is 21.5. The molecule has 2 aliphatic carbocycles. The second-order valence-electron chi connectivity index (χ2n) is 14.6. The summed E-state index contributed by atoms with van der Waals surface area (Å²) in [5, 5.41) is 20.3. The second-order valence-corrected chi connectivity index (χ2v) is 14.6. The first-order chi connectivity index (χ1) is 20.0. The molecule has 0 bridgehead atoms. The Labute approximate surface area is 262 Å². The third kappa shape index (κ3) is 8.91. The van der Waals surface area contributed by atoms with Gasteiger partial charge in [0.1, 0.15) is 11.2 Å². The maximum absolute atomic E-state index is 10.2. The molecule has 3 heteroatoms. The highest BCUT2D eigenvalue weighted by atomic mass is 16.6. The van der Waals surface area contributed by atoms with Crippen LogP contribution >= 0.6 is 0 Å². The molecule has 5 atom stereocenters. The first-order valence-electron chi connectivity index (χ1n) is 15.8. The van der Waals surface area contributed by atoms with Crippen LogP contribution in [0.5, 0.6) is 0 Å². The summed E-state index contributed by atoms with van der Waals surface area (Å²) in [7, 11) is 0. The van der Waals surface area contributed by atoms with Crippen LogP contribution < -0.4 is 0 Å². The highest BCUT2D eigenvalue weighted by molar-refractivity contribution is 5.37. The number of fused-ring (bicyclic) bond motifs is 1. The molecule has 3 aliphatic rings. The van der Waals surface area contributed by atoms with E-state index in [0.29, 0.717) is 12.3 Å². The normalized spacial score (nSPS) is 33.8. The Bertz CT molecular complexity index is 1320. The Balaban J connectivity index is 1.49. The van der Waals surface area contributed by atoms with Crippen LogP contribution in [0.25, 0.3) is 0 Å².